The van der Waals surface area contributed by atoms with E-state index in [-0.39, 0.29) is 12.0 Å². The lowest BCUT2D eigenvalue weighted by atomic mass is 9.85. The molecule has 0 amide bonds. The summed E-state index contributed by atoms with van der Waals surface area (Å²) in [5.74, 6) is 1.15. The summed E-state index contributed by atoms with van der Waals surface area (Å²) in [4.78, 5) is 3.67. The molecule has 7 aromatic carbocycles. The number of allylic oxidation sites excluding steroid dienone is 1. The summed E-state index contributed by atoms with van der Waals surface area (Å²) < 4.78 is 9.64. The molecule has 2 nitrogen and oxygen atoms in total. The van der Waals surface area contributed by atoms with Gasteiger partial charge in [-0.1, -0.05) is 115 Å². The predicted molar refractivity (Wildman–Crippen MR) is 222 cm³/mol. The van der Waals surface area contributed by atoms with E-state index in [4.69, 9.17) is 4.74 Å². The molecule has 0 radical (unpaired) electrons. The van der Waals surface area contributed by atoms with Crippen LogP contribution in [0.4, 0.5) is 11.4 Å². The normalized spacial score (nSPS) is 16.3. The first-order valence-corrected chi connectivity index (χ1v) is 19.4. The summed E-state index contributed by atoms with van der Waals surface area (Å²) in [5, 5.41) is 9.65. The number of hydrogen-bond donors (Lipinski definition) is 0. The highest BCUT2D eigenvalue weighted by Crippen LogP contribution is 2.51. The zero-order valence-electron chi connectivity index (χ0n) is 28.1. The minimum Gasteiger partial charge on any atom is -0.484 e. The summed E-state index contributed by atoms with van der Waals surface area (Å²) in [5.41, 5.74) is 8.27. The van der Waals surface area contributed by atoms with E-state index in [1.165, 1.54) is 68.8 Å². The first-order valence-electron chi connectivity index (χ1n) is 17.7. The van der Waals surface area contributed by atoms with Crippen molar-refractivity contribution >= 4 is 75.8 Å². The molecule has 0 saturated carbocycles. The minimum atomic E-state index is -0.109. The maximum Gasteiger partial charge on any atom is 0.132 e. The van der Waals surface area contributed by atoms with E-state index in [9.17, 15) is 0 Å². The maximum absolute atomic E-state index is 6.94. The van der Waals surface area contributed by atoms with Crippen molar-refractivity contribution in [2.75, 3.05) is 4.90 Å². The van der Waals surface area contributed by atoms with Gasteiger partial charge in [0.1, 0.15) is 11.9 Å². The van der Waals surface area contributed by atoms with Gasteiger partial charge in [-0.25, -0.2) is 0 Å². The molecule has 1 aliphatic heterocycles. The van der Waals surface area contributed by atoms with Crippen molar-refractivity contribution in [2.45, 2.75) is 12.0 Å². The topological polar surface area (TPSA) is 12.5 Å². The predicted octanol–water partition coefficient (Wildman–Crippen LogP) is 13.9. The average Bonchev–Trinajstić information content (AvgIpc) is 3.93. The Labute approximate surface area is 309 Å². The lowest BCUT2D eigenvalue weighted by Crippen LogP contribution is -2.24. The summed E-state index contributed by atoms with van der Waals surface area (Å²) in [6.07, 6.45) is 6.87. The fourth-order valence-corrected chi connectivity index (χ4v) is 10.3. The second kappa shape index (κ2) is 11.8. The summed E-state index contributed by atoms with van der Waals surface area (Å²) >= 11 is 3.67. The van der Waals surface area contributed by atoms with Gasteiger partial charge in [0.25, 0.3) is 0 Å². The van der Waals surface area contributed by atoms with E-state index in [1.54, 1.807) is 11.3 Å². The van der Waals surface area contributed by atoms with Crippen LogP contribution in [-0.2, 0) is 0 Å². The molecule has 2 aromatic heterocycles. The molecule has 4 heteroatoms. The van der Waals surface area contributed by atoms with E-state index >= 15 is 0 Å². The van der Waals surface area contributed by atoms with Crippen LogP contribution < -0.4 is 9.64 Å². The van der Waals surface area contributed by atoms with E-state index in [1.807, 2.05) is 11.3 Å². The Kier molecular flexibility index (Phi) is 6.76. The molecular weight excluding hydrogens is 671 g/mol. The molecule has 1 aliphatic carbocycles. The van der Waals surface area contributed by atoms with Gasteiger partial charge in [0.15, 0.2) is 0 Å². The fraction of sp³-hybridized carbons (Fsp3) is 0.0417. The first-order chi connectivity index (χ1) is 25.7. The van der Waals surface area contributed by atoms with Crippen LogP contribution in [0.25, 0.3) is 63.3 Å². The van der Waals surface area contributed by atoms with Gasteiger partial charge in [0.05, 0.1) is 0 Å². The van der Waals surface area contributed by atoms with Gasteiger partial charge in [0, 0.05) is 48.2 Å². The highest BCUT2D eigenvalue weighted by Gasteiger charge is 2.37. The molecule has 0 N–H and O–H groups in total. The standard InChI is InChI=1S/C48H31NOS2/c1-2-8-33-27-34(14-13-30(33)7-1)31-15-19-35(20-16-31)49(36-21-17-32(18-22-36)45-29-46-44(52-45)25-26-51-46)37-23-24-42-43(28-37)50-48-41-12-6-4-10-39(41)38-9-3-5-11-40(38)47(42)48/h1-29,42-43H. The molecule has 246 valence electrons. The maximum atomic E-state index is 6.94. The monoisotopic (exact) mass is 701 g/mol. The Balaban J connectivity index is 1.00. The smallest absolute Gasteiger partial charge is 0.132 e. The number of hydrogen-bond acceptors (Lipinski definition) is 4. The SMILES string of the molecule is C1=CC2c3c(c4ccccc4c4ccccc34)OC2C=C1N(c1ccc(-c2ccc3ccccc3c2)cc1)c1ccc(-c2cc3sccc3s2)cc1. The number of rotatable bonds is 5. The van der Waals surface area contributed by atoms with Crippen molar-refractivity contribution in [3.8, 4) is 27.3 Å². The molecular formula is C48H31NOS2. The van der Waals surface area contributed by atoms with Gasteiger partial charge in [0.2, 0.25) is 0 Å². The van der Waals surface area contributed by atoms with E-state index in [0.29, 0.717) is 0 Å². The third-order valence-corrected chi connectivity index (χ3v) is 12.8. The van der Waals surface area contributed by atoms with Crippen molar-refractivity contribution in [2.24, 2.45) is 0 Å². The Morgan fingerprint density at radius 3 is 1.96 bits per heavy atom. The lowest BCUT2D eigenvalue weighted by molar-refractivity contribution is 0.270. The second-order valence-corrected chi connectivity index (χ2v) is 15.7. The fourth-order valence-electron chi connectivity index (χ4n) is 8.19. The largest absolute Gasteiger partial charge is 0.484 e. The molecule has 2 aliphatic rings. The number of anilines is 2. The van der Waals surface area contributed by atoms with Gasteiger partial charge in [-0.15, -0.1) is 22.7 Å². The van der Waals surface area contributed by atoms with Gasteiger partial charge in [-0.2, -0.15) is 0 Å². The summed E-state index contributed by atoms with van der Waals surface area (Å²) in [7, 11) is 0. The Morgan fingerprint density at radius 2 is 1.19 bits per heavy atom. The van der Waals surface area contributed by atoms with Crippen molar-refractivity contribution in [1.82, 2.24) is 0 Å². The number of fused-ring (bicyclic) bond motifs is 10. The molecule has 2 unspecified atom stereocenters. The third-order valence-electron chi connectivity index (χ3n) is 10.7. The molecule has 2 atom stereocenters. The molecule has 0 fully saturated rings. The first kappa shape index (κ1) is 29.8. The highest BCUT2D eigenvalue weighted by molar-refractivity contribution is 7.28. The van der Waals surface area contributed by atoms with Crippen LogP contribution in [0.2, 0.25) is 0 Å². The Bertz CT molecular complexity index is 2860. The van der Waals surface area contributed by atoms with Crippen LogP contribution in [0.5, 0.6) is 5.75 Å². The second-order valence-electron chi connectivity index (χ2n) is 13.6. The zero-order valence-corrected chi connectivity index (χ0v) is 29.7. The van der Waals surface area contributed by atoms with Crippen LogP contribution in [0.1, 0.15) is 11.5 Å². The van der Waals surface area contributed by atoms with Crippen LogP contribution >= 0.6 is 22.7 Å². The van der Waals surface area contributed by atoms with Crippen molar-refractivity contribution in [3.05, 3.63) is 187 Å². The Hall–Kier alpha value is -5.94. The summed E-state index contributed by atoms with van der Waals surface area (Å²) in [6, 6.07) is 55.3. The molecule has 0 bridgehead atoms. The van der Waals surface area contributed by atoms with Crippen LogP contribution in [-0.4, -0.2) is 6.10 Å². The molecule has 9 aromatic rings. The summed E-state index contributed by atoms with van der Waals surface area (Å²) in [6.45, 7) is 0. The van der Waals surface area contributed by atoms with Crippen LogP contribution in [0.3, 0.4) is 0 Å². The third kappa shape index (κ3) is 4.76. The van der Waals surface area contributed by atoms with Gasteiger partial charge in [-0.05, 0) is 104 Å². The van der Waals surface area contributed by atoms with Gasteiger partial charge >= 0.3 is 0 Å². The minimum absolute atomic E-state index is 0.109. The molecule has 11 rings (SSSR count). The van der Waals surface area contributed by atoms with E-state index in [2.05, 4.69) is 180 Å². The van der Waals surface area contributed by atoms with Crippen LogP contribution in [0.15, 0.2) is 181 Å². The van der Waals surface area contributed by atoms with Crippen LogP contribution in [0, 0.1) is 0 Å². The number of ether oxygens (including phenoxy) is 1. The van der Waals surface area contributed by atoms with Gasteiger partial charge < -0.3 is 9.64 Å². The molecule has 3 heterocycles. The highest BCUT2D eigenvalue weighted by atomic mass is 32.1. The van der Waals surface area contributed by atoms with E-state index < -0.39 is 0 Å². The zero-order chi connectivity index (χ0) is 34.2. The van der Waals surface area contributed by atoms with Crippen molar-refractivity contribution < 1.29 is 4.74 Å². The Morgan fingerprint density at radius 1 is 0.538 bits per heavy atom. The molecule has 0 spiro atoms. The van der Waals surface area contributed by atoms with E-state index in [0.717, 1.165) is 22.8 Å². The molecule has 52 heavy (non-hydrogen) atoms. The number of nitrogens with zero attached hydrogens (tertiary/aromatic N) is 1. The number of thiophene rings is 2. The lowest BCUT2D eigenvalue weighted by Gasteiger charge is -2.30. The van der Waals surface area contributed by atoms with Gasteiger partial charge in [-0.3, -0.25) is 0 Å². The average molecular weight is 702 g/mol. The molecule has 0 saturated heterocycles. The van der Waals surface area contributed by atoms with Crippen molar-refractivity contribution in [1.29, 1.82) is 0 Å². The quantitative estimate of drug-likeness (QED) is 0.166. The number of benzene rings is 7. The van der Waals surface area contributed by atoms with Crippen molar-refractivity contribution in [3.63, 3.8) is 0 Å².